The summed E-state index contributed by atoms with van der Waals surface area (Å²) >= 11 is 0. The number of nitrogens with one attached hydrogen (secondary N) is 1. The highest BCUT2D eigenvalue weighted by atomic mass is 16.6. The Labute approximate surface area is 240 Å². The number of aromatic nitrogens is 2. The van der Waals surface area contributed by atoms with Crippen LogP contribution in [0.4, 0.5) is 4.79 Å². The minimum Gasteiger partial charge on any atom is -0.504 e. The number of nitrogens with zero attached hydrogens (tertiary/aromatic N) is 2. The molecule has 1 amide bonds. The smallest absolute Gasteiger partial charge is 0.408 e. The number of carbonyl (C=O) groups excluding carboxylic acids is 2. The minimum atomic E-state index is -0.987. The number of alkyl carbamates (subject to hydrolysis) is 1. The number of benzene rings is 2. The molecule has 2 heterocycles. The third-order valence-electron chi connectivity index (χ3n) is 6.51. The number of rotatable bonds is 8. The molecule has 42 heavy (non-hydrogen) atoms. The van der Waals surface area contributed by atoms with E-state index < -0.39 is 40.8 Å². The Morgan fingerprint density at radius 2 is 1.62 bits per heavy atom. The minimum absolute atomic E-state index is 0.0506. The molecule has 2 aromatic carbocycles. The topological polar surface area (TPSA) is 181 Å². The Hall–Kier alpha value is -5.13. The van der Waals surface area contributed by atoms with E-state index in [9.17, 15) is 29.7 Å². The van der Waals surface area contributed by atoms with Gasteiger partial charge in [-0.3, -0.25) is 14.8 Å². The number of amides is 1. The van der Waals surface area contributed by atoms with Crippen LogP contribution < -0.4 is 15.5 Å². The number of phenols is 3. The lowest BCUT2D eigenvalue weighted by molar-refractivity contribution is -0.137. The number of esters is 1. The van der Waals surface area contributed by atoms with Crippen molar-refractivity contribution in [3.8, 4) is 34.3 Å². The standard InChI is InChI=1S/C30H31N3O9/c1-14(2)10-20(33-30(39)40-13-21-17(5)31-15(3)16(4)32-21)29(38)41-19-8-6-18(7-9-19)24-11-22(34)26-25(42-24)12-23(35)27(36)28(26)37/h6-9,11-12,14,20,35-37H,10,13H2,1-5H3,(H,33,39)/t20-/m1/s1. The fourth-order valence-corrected chi connectivity index (χ4v) is 4.20. The number of aromatic hydroxyl groups is 3. The molecule has 220 valence electrons. The lowest BCUT2D eigenvalue weighted by atomic mass is 10.0. The molecule has 1 atom stereocenters. The molecular weight excluding hydrogens is 546 g/mol. The Balaban J connectivity index is 1.45. The highest BCUT2D eigenvalue weighted by Gasteiger charge is 2.25. The van der Waals surface area contributed by atoms with E-state index in [1.807, 2.05) is 27.7 Å². The zero-order valence-corrected chi connectivity index (χ0v) is 23.7. The van der Waals surface area contributed by atoms with Crippen LogP contribution in [0.3, 0.4) is 0 Å². The van der Waals surface area contributed by atoms with E-state index in [-0.39, 0.29) is 35.0 Å². The Bertz CT molecular complexity index is 1710. The summed E-state index contributed by atoms with van der Waals surface area (Å²) in [5, 5.41) is 31.8. The molecular formula is C30H31N3O9. The Morgan fingerprint density at radius 3 is 2.29 bits per heavy atom. The number of ether oxygens (including phenoxy) is 2. The van der Waals surface area contributed by atoms with Gasteiger partial charge >= 0.3 is 12.1 Å². The van der Waals surface area contributed by atoms with E-state index in [2.05, 4.69) is 15.3 Å². The predicted molar refractivity (Wildman–Crippen MR) is 151 cm³/mol. The highest BCUT2D eigenvalue weighted by Crippen LogP contribution is 2.40. The Morgan fingerprint density at radius 1 is 0.952 bits per heavy atom. The zero-order chi connectivity index (χ0) is 30.7. The fraction of sp³-hybridized carbons (Fsp3) is 0.300. The summed E-state index contributed by atoms with van der Waals surface area (Å²) in [5.41, 5.74) is 2.35. The number of fused-ring (bicyclic) bond motifs is 1. The number of phenolic OH excluding ortho intramolecular Hbond substituents is 3. The van der Waals surface area contributed by atoms with Crippen molar-refractivity contribution in [2.75, 3.05) is 0 Å². The van der Waals surface area contributed by atoms with Crippen molar-refractivity contribution in [1.82, 2.24) is 15.3 Å². The molecule has 0 aliphatic carbocycles. The average Bonchev–Trinajstić information content (AvgIpc) is 2.92. The highest BCUT2D eigenvalue weighted by molar-refractivity contribution is 5.89. The Kier molecular flexibility index (Phi) is 8.65. The first-order chi connectivity index (χ1) is 19.8. The molecule has 0 aliphatic rings. The van der Waals surface area contributed by atoms with Gasteiger partial charge in [0.15, 0.2) is 16.9 Å². The van der Waals surface area contributed by atoms with Crippen molar-refractivity contribution < 1.29 is 38.8 Å². The summed E-state index contributed by atoms with van der Waals surface area (Å²) in [4.78, 5) is 46.9. The monoisotopic (exact) mass is 577 g/mol. The van der Waals surface area contributed by atoms with Gasteiger partial charge in [-0.1, -0.05) is 13.8 Å². The van der Waals surface area contributed by atoms with Crippen molar-refractivity contribution in [3.63, 3.8) is 0 Å². The zero-order valence-electron chi connectivity index (χ0n) is 23.7. The normalized spacial score (nSPS) is 11.9. The van der Waals surface area contributed by atoms with E-state index in [1.54, 1.807) is 19.1 Å². The van der Waals surface area contributed by atoms with Crippen molar-refractivity contribution in [1.29, 1.82) is 0 Å². The summed E-state index contributed by atoms with van der Waals surface area (Å²) in [7, 11) is 0. The summed E-state index contributed by atoms with van der Waals surface area (Å²) in [6.45, 7) is 9.11. The summed E-state index contributed by atoms with van der Waals surface area (Å²) in [6, 6.07) is 7.20. The van der Waals surface area contributed by atoms with Crippen LogP contribution in [0, 0.1) is 26.7 Å². The molecule has 12 nitrogen and oxygen atoms in total. The maximum atomic E-state index is 13.0. The first-order valence-electron chi connectivity index (χ1n) is 13.1. The predicted octanol–water partition coefficient (Wildman–Crippen LogP) is 4.54. The molecule has 4 aromatic rings. The largest absolute Gasteiger partial charge is 0.504 e. The van der Waals surface area contributed by atoms with Gasteiger partial charge in [0, 0.05) is 17.7 Å². The van der Waals surface area contributed by atoms with Gasteiger partial charge in [-0.2, -0.15) is 0 Å². The number of hydrogen-bond acceptors (Lipinski definition) is 11. The maximum Gasteiger partial charge on any atom is 0.408 e. The van der Waals surface area contributed by atoms with Crippen molar-refractivity contribution in [3.05, 3.63) is 69.4 Å². The molecule has 0 bridgehead atoms. The van der Waals surface area contributed by atoms with E-state index in [1.165, 1.54) is 12.1 Å². The molecule has 12 heteroatoms. The van der Waals surface area contributed by atoms with E-state index in [0.717, 1.165) is 23.5 Å². The third-order valence-corrected chi connectivity index (χ3v) is 6.51. The van der Waals surface area contributed by atoms with Crippen LogP contribution in [0.15, 0.2) is 45.6 Å². The fourth-order valence-electron chi connectivity index (χ4n) is 4.20. The summed E-state index contributed by atoms with van der Waals surface area (Å²) < 4.78 is 16.5. The van der Waals surface area contributed by atoms with Crippen LogP contribution in [-0.4, -0.2) is 43.4 Å². The van der Waals surface area contributed by atoms with Crippen LogP contribution in [0.25, 0.3) is 22.3 Å². The van der Waals surface area contributed by atoms with Gasteiger partial charge < -0.3 is 34.5 Å². The van der Waals surface area contributed by atoms with Gasteiger partial charge in [0.25, 0.3) is 0 Å². The lowest BCUT2D eigenvalue weighted by Crippen LogP contribution is -2.44. The summed E-state index contributed by atoms with van der Waals surface area (Å²) in [5.74, 6) is -2.61. The molecule has 0 radical (unpaired) electrons. The van der Waals surface area contributed by atoms with Crippen LogP contribution >= 0.6 is 0 Å². The average molecular weight is 578 g/mol. The van der Waals surface area contributed by atoms with Gasteiger partial charge in [-0.25, -0.2) is 9.59 Å². The molecule has 4 rings (SSSR count). The van der Waals surface area contributed by atoms with Gasteiger partial charge in [0.05, 0.1) is 22.8 Å². The molecule has 0 spiro atoms. The van der Waals surface area contributed by atoms with E-state index >= 15 is 0 Å². The van der Waals surface area contributed by atoms with Gasteiger partial charge in [0.1, 0.15) is 35.1 Å². The molecule has 4 N–H and O–H groups in total. The quantitative estimate of drug-likeness (QED) is 0.131. The van der Waals surface area contributed by atoms with E-state index in [4.69, 9.17) is 13.9 Å². The van der Waals surface area contributed by atoms with Crippen molar-refractivity contribution in [2.45, 2.75) is 53.7 Å². The maximum absolute atomic E-state index is 13.0. The number of hydrogen-bond donors (Lipinski definition) is 4. The first-order valence-corrected chi connectivity index (χ1v) is 13.1. The SMILES string of the molecule is Cc1nc(C)c(COC(=O)N[C@H](CC(C)C)C(=O)Oc2ccc(-c3cc(=O)c4c(O)c(O)c(O)cc4o3)cc2)nc1C. The van der Waals surface area contributed by atoms with E-state index in [0.29, 0.717) is 23.4 Å². The second-order valence-electron chi connectivity index (χ2n) is 10.2. The second-order valence-corrected chi connectivity index (χ2v) is 10.2. The van der Waals surface area contributed by atoms with Gasteiger partial charge in [-0.15, -0.1) is 0 Å². The van der Waals surface area contributed by atoms with Crippen LogP contribution in [-0.2, 0) is 16.1 Å². The van der Waals surface area contributed by atoms with Crippen LogP contribution in [0.1, 0.15) is 43.0 Å². The third kappa shape index (κ3) is 6.60. The molecule has 0 saturated heterocycles. The van der Waals surface area contributed by atoms with Crippen molar-refractivity contribution >= 4 is 23.0 Å². The second kappa shape index (κ2) is 12.2. The van der Waals surface area contributed by atoms with Crippen LogP contribution in [0.5, 0.6) is 23.0 Å². The van der Waals surface area contributed by atoms with Gasteiger partial charge in [0.2, 0.25) is 5.75 Å². The number of aryl methyl sites for hydroxylation is 3. The van der Waals surface area contributed by atoms with Crippen molar-refractivity contribution in [2.24, 2.45) is 5.92 Å². The lowest BCUT2D eigenvalue weighted by Gasteiger charge is -2.19. The molecule has 2 aromatic heterocycles. The van der Waals surface area contributed by atoms with Crippen LogP contribution in [0.2, 0.25) is 0 Å². The molecule has 0 unspecified atom stereocenters. The first kappa shape index (κ1) is 29.8. The summed E-state index contributed by atoms with van der Waals surface area (Å²) in [6.07, 6.45) is -0.504. The molecule has 0 aliphatic heterocycles. The molecule has 0 saturated carbocycles. The van der Waals surface area contributed by atoms with Gasteiger partial charge in [-0.05, 0) is 57.4 Å². The number of carbonyl (C=O) groups is 2. The molecule has 0 fully saturated rings.